The van der Waals surface area contributed by atoms with Crippen molar-refractivity contribution in [3.63, 3.8) is 0 Å². The number of primary amides is 1. The molecule has 1 fully saturated rings. The van der Waals surface area contributed by atoms with Gasteiger partial charge in [0.2, 0.25) is 0 Å². The van der Waals surface area contributed by atoms with Crippen LogP contribution in [0.15, 0.2) is 58.8 Å². The molecule has 1 amide bonds. The average molecular weight is 395 g/mol. The summed E-state index contributed by atoms with van der Waals surface area (Å²) in [6, 6.07) is 15.4. The third-order valence-corrected chi connectivity index (χ3v) is 4.99. The molecule has 2 aromatic carbocycles. The van der Waals surface area contributed by atoms with Crippen molar-refractivity contribution in [1.82, 2.24) is 0 Å². The highest BCUT2D eigenvalue weighted by atomic mass is 16.6. The second kappa shape index (κ2) is 9.23. The lowest BCUT2D eigenvalue weighted by Crippen LogP contribution is -2.25. The quantitative estimate of drug-likeness (QED) is 0.521. The fourth-order valence-electron chi connectivity index (χ4n) is 3.34. The van der Waals surface area contributed by atoms with Gasteiger partial charge in [0.05, 0.1) is 12.8 Å². The van der Waals surface area contributed by atoms with E-state index in [1.807, 2.05) is 31.2 Å². The first-order valence-electron chi connectivity index (χ1n) is 9.34. The minimum Gasteiger partial charge on any atom is -0.497 e. The van der Waals surface area contributed by atoms with Gasteiger partial charge in [-0.15, -0.1) is 0 Å². The maximum atomic E-state index is 11.7. The van der Waals surface area contributed by atoms with Crippen molar-refractivity contribution in [3.8, 4) is 5.75 Å². The number of ether oxygens (including phenoxy) is 1. The largest absolute Gasteiger partial charge is 0.497 e. The highest BCUT2D eigenvalue weighted by molar-refractivity contribution is 6.45. The Balaban J connectivity index is 1.63. The number of nitrogens with zero attached hydrogens (tertiary/aromatic N) is 2. The zero-order valence-corrected chi connectivity index (χ0v) is 16.8. The number of carbonyl (C=O) groups is 1. The first-order valence-corrected chi connectivity index (χ1v) is 9.34. The van der Waals surface area contributed by atoms with Crippen molar-refractivity contribution in [2.24, 2.45) is 22.0 Å². The van der Waals surface area contributed by atoms with Gasteiger partial charge in [0, 0.05) is 17.0 Å². The lowest BCUT2D eigenvalue weighted by Gasteiger charge is -2.09. The zero-order chi connectivity index (χ0) is 20.8. The first-order chi connectivity index (χ1) is 14.0. The molecule has 0 unspecified atom stereocenters. The van der Waals surface area contributed by atoms with E-state index >= 15 is 0 Å². The summed E-state index contributed by atoms with van der Waals surface area (Å²) in [4.78, 5) is 22.0. The fraction of sp³-hybridized carbons (Fsp3) is 0.318. The highest BCUT2D eigenvalue weighted by Crippen LogP contribution is 2.48. The molecule has 7 heteroatoms. The molecule has 2 atom stereocenters. The van der Waals surface area contributed by atoms with Crippen LogP contribution in [-0.2, 0) is 21.1 Å². The Morgan fingerprint density at radius 3 is 2.48 bits per heavy atom. The van der Waals surface area contributed by atoms with Gasteiger partial charge in [0.15, 0.2) is 5.71 Å². The fourth-order valence-corrected chi connectivity index (χ4v) is 3.34. The molecule has 29 heavy (non-hydrogen) atoms. The summed E-state index contributed by atoms with van der Waals surface area (Å²) >= 11 is 0. The Morgan fingerprint density at radius 1 is 1.10 bits per heavy atom. The van der Waals surface area contributed by atoms with Crippen LogP contribution in [0.25, 0.3) is 0 Å². The minimum absolute atomic E-state index is 0.0502. The van der Waals surface area contributed by atoms with E-state index in [2.05, 4.69) is 22.4 Å². The standard InChI is InChI=1S/C22H25N3O4/c1-14(19-12-20(19)15-8-10-17(27-2)11-9-15)24-29-13-16-6-4-5-7-18(16)21(22(23)26)25-28-3/h4-11,19-20H,12-13H2,1-3H3,(H2,23,26)/b24-14+,25-21-/t19-,20-/m0/s1. The Hall–Kier alpha value is -3.35. The summed E-state index contributed by atoms with van der Waals surface area (Å²) < 4.78 is 5.21. The van der Waals surface area contributed by atoms with Gasteiger partial charge in [0.1, 0.15) is 19.5 Å². The number of amides is 1. The van der Waals surface area contributed by atoms with Crippen molar-refractivity contribution >= 4 is 17.3 Å². The number of hydrogen-bond acceptors (Lipinski definition) is 6. The maximum Gasteiger partial charge on any atom is 0.271 e. The highest BCUT2D eigenvalue weighted by Gasteiger charge is 2.40. The molecule has 0 aliphatic heterocycles. The second-order valence-electron chi connectivity index (χ2n) is 6.87. The van der Waals surface area contributed by atoms with Crippen molar-refractivity contribution in [2.75, 3.05) is 14.2 Å². The predicted molar refractivity (Wildman–Crippen MR) is 111 cm³/mol. The van der Waals surface area contributed by atoms with Crippen molar-refractivity contribution < 1.29 is 19.2 Å². The van der Waals surface area contributed by atoms with Gasteiger partial charge in [-0.25, -0.2) is 0 Å². The van der Waals surface area contributed by atoms with Crippen molar-refractivity contribution in [1.29, 1.82) is 0 Å². The van der Waals surface area contributed by atoms with Crippen LogP contribution in [-0.4, -0.2) is 31.6 Å². The average Bonchev–Trinajstić information content (AvgIpc) is 3.53. The summed E-state index contributed by atoms with van der Waals surface area (Å²) in [7, 11) is 3.03. The number of rotatable bonds is 9. The molecular formula is C22H25N3O4. The predicted octanol–water partition coefficient (Wildman–Crippen LogP) is 3.23. The summed E-state index contributed by atoms with van der Waals surface area (Å²) in [5.41, 5.74) is 9.00. The van der Waals surface area contributed by atoms with Crippen molar-refractivity contribution in [3.05, 3.63) is 65.2 Å². The molecule has 7 nitrogen and oxygen atoms in total. The molecule has 152 valence electrons. The SMILES string of the molecule is CO/N=C(\C(N)=O)c1ccccc1CO/N=C(\C)[C@@H]1C[C@H]1c1ccc(OC)cc1. The summed E-state index contributed by atoms with van der Waals surface area (Å²) in [5.74, 6) is 1.01. The van der Waals surface area contributed by atoms with Gasteiger partial charge >= 0.3 is 0 Å². The van der Waals surface area contributed by atoms with E-state index in [0.717, 1.165) is 23.4 Å². The van der Waals surface area contributed by atoms with E-state index in [9.17, 15) is 4.79 Å². The van der Waals surface area contributed by atoms with Crippen LogP contribution >= 0.6 is 0 Å². The van der Waals surface area contributed by atoms with Crippen LogP contribution in [0, 0.1) is 5.92 Å². The number of benzene rings is 2. The van der Waals surface area contributed by atoms with Gasteiger partial charge in [-0.1, -0.05) is 46.7 Å². The lowest BCUT2D eigenvalue weighted by molar-refractivity contribution is -0.112. The molecule has 0 aromatic heterocycles. The van der Waals surface area contributed by atoms with Crippen LogP contribution in [0.1, 0.15) is 36.0 Å². The number of carbonyl (C=O) groups excluding carboxylic acids is 1. The number of nitrogens with two attached hydrogens (primary N) is 1. The number of methoxy groups -OCH3 is 1. The van der Waals surface area contributed by atoms with Crippen LogP contribution in [0.3, 0.4) is 0 Å². The molecule has 2 N–H and O–H groups in total. The minimum atomic E-state index is -0.667. The molecule has 0 spiro atoms. The lowest BCUT2D eigenvalue weighted by atomic mass is 10.0. The second-order valence-corrected chi connectivity index (χ2v) is 6.87. The third-order valence-electron chi connectivity index (χ3n) is 4.99. The molecule has 0 radical (unpaired) electrons. The normalized spacial score (nSPS) is 18.9. The van der Waals surface area contributed by atoms with Crippen LogP contribution in [0.5, 0.6) is 5.75 Å². The monoisotopic (exact) mass is 395 g/mol. The summed E-state index contributed by atoms with van der Waals surface area (Å²) in [6.07, 6.45) is 1.05. The van der Waals surface area contributed by atoms with E-state index in [1.54, 1.807) is 19.2 Å². The van der Waals surface area contributed by atoms with Gasteiger partial charge in [0.25, 0.3) is 5.91 Å². The topological polar surface area (TPSA) is 95.5 Å². The summed E-state index contributed by atoms with van der Waals surface area (Å²) in [5, 5.41) is 8.02. The molecule has 1 aliphatic rings. The van der Waals surface area contributed by atoms with E-state index in [-0.39, 0.29) is 12.3 Å². The van der Waals surface area contributed by atoms with Crippen LogP contribution < -0.4 is 10.5 Å². The van der Waals surface area contributed by atoms with Gasteiger partial charge in [-0.2, -0.15) is 0 Å². The molecule has 1 saturated carbocycles. The molecular weight excluding hydrogens is 370 g/mol. The first kappa shape index (κ1) is 20.4. The number of hydrogen-bond donors (Lipinski definition) is 1. The molecule has 2 aromatic rings. The van der Waals surface area contributed by atoms with Crippen LogP contribution in [0.4, 0.5) is 0 Å². The third kappa shape index (κ3) is 4.93. The molecule has 0 heterocycles. The molecule has 0 saturated heterocycles. The van der Waals surface area contributed by atoms with Gasteiger partial charge < -0.3 is 20.1 Å². The van der Waals surface area contributed by atoms with E-state index < -0.39 is 5.91 Å². The van der Waals surface area contributed by atoms with E-state index in [1.165, 1.54) is 12.7 Å². The van der Waals surface area contributed by atoms with Gasteiger partial charge in [-0.05, 0) is 37.0 Å². The van der Waals surface area contributed by atoms with Crippen molar-refractivity contribution in [2.45, 2.75) is 25.9 Å². The summed E-state index contributed by atoms with van der Waals surface area (Å²) in [6.45, 7) is 2.17. The molecule has 3 rings (SSSR count). The Labute approximate surface area is 170 Å². The van der Waals surface area contributed by atoms with Crippen LogP contribution in [0.2, 0.25) is 0 Å². The van der Waals surface area contributed by atoms with E-state index in [0.29, 0.717) is 17.4 Å². The Bertz CT molecular complexity index is 922. The molecule has 0 bridgehead atoms. The maximum absolute atomic E-state index is 11.7. The number of oxime groups is 2. The Morgan fingerprint density at radius 2 is 1.83 bits per heavy atom. The van der Waals surface area contributed by atoms with Gasteiger partial charge in [-0.3, -0.25) is 4.79 Å². The molecule has 1 aliphatic carbocycles. The Kier molecular flexibility index (Phi) is 6.49. The zero-order valence-electron chi connectivity index (χ0n) is 16.8. The van der Waals surface area contributed by atoms with E-state index in [4.69, 9.17) is 20.1 Å². The smallest absolute Gasteiger partial charge is 0.271 e.